The van der Waals surface area contributed by atoms with E-state index in [4.69, 9.17) is 4.74 Å². The molecule has 1 atom stereocenters. The van der Waals surface area contributed by atoms with Crippen LogP contribution in [0, 0.1) is 12.3 Å². The van der Waals surface area contributed by atoms with Crippen molar-refractivity contribution in [1.82, 2.24) is 0 Å². The number of ether oxygens (including phenoxy) is 1. The van der Waals surface area contributed by atoms with Gasteiger partial charge in [0, 0.05) is 25.4 Å². The first-order valence-corrected chi connectivity index (χ1v) is 6.70. The van der Waals surface area contributed by atoms with E-state index in [1.165, 1.54) is 5.56 Å². The molecule has 1 N–H and O–H groups in total. The summed E-state index contributed by atoms with van der Waals surface area (Å²) in [4.78, 5) is 13.7. The molecule has 1 aromatic rings. The number of nitrogens with zero attached hydrogens (tertiary/aromatic N) is 1. The molecule has 104 valence electrons. The van der Waals surface area contributed by atoms with Crippen molar-refractivity contribution in [2.75, 3.05) is 31.2 Å². The van der Waals surface area contributed by atoms with Crippen LogP contribution < -0.4 is 4.90 Å². The van der Waals surface area contributed by atoms with Crippen LogP contribution in [0.2, 0.25) is 0 Å². The molecule has 0 aromatic heterocycles. The summed E-state index contributed by atoms with van der Waals surface area (Å²) in [6.45, 7) is 6.23. The minimum Gasteiger partial charge on any atom is -0.481 e. The summed E-state index contributed by atoms with van der Waals surface area (Å²) < 4.78 is 5.31. The highest BCUT2D eigenvalue weighted by Gasteiger charge is 2.43. The van der Waals surface area contributed by atoms with Crippen molar-refractivity contribution >= 4 is 11.7 Å². The number of carboxylic acid groups (broad SMARTS) is 1. The Hall–Kier alpha value is -1.55. The van der Waals surface area contributed by atoms with Gasteiger partial charge in [0.1, 0.15) is 5.41 Å². The second-order valence-corrected chi connectivity index (χ2v) is 5.24. The molecule has 19 heavy (non-hydrogen) atoms. The first-order valence-electron chi connectivity index (χ1n) is 6.70. The minimum absolute atomic E-state index is 0.310. The van der Waals surface area contributed by atoms with Crippen LogP contribution in [0.1, 0.15) is 18.9 Å². The molecular formula is C15H21NO3. The second-order valence-electron chi connectivity index (χ2n) is 5.24. The van der Waals surface area contributed by atoms with E-state index in [1.54, 1.807) is 0 Å². The van der Waals surface area contributed by atoms with E-state index in [0.717, 1.165) is 12.2 Å². The monoisotopic (exact) mass is 263 g/mol. The second kappa shape index (κ2) is 5.61. The zero-order chi connectivity index (χ0) is 13.9. The number of carboxylic acids is 1. The molecule has 0 spiro atoms. The van der Waals surface area contributed by atoms with Crippen molar-refractivity contribution in [1.29, 1.82) is 0 Å². The van der Waals surface area contributed by atoms with Crippen LogP contribution in [0.15, 0.2) is 24.3 Å². The fourth-order valence-corrected chi connectivity index (χ4v) is 2.47. The van der Waals surface area contributed by atoms with Gasteiger partial charge in [-0.3, -0.25) is 4.79 Å². The highest BCUT2D eigenvalue weighted by molar-refractivity contribution is 5.76. The van der Waals surface area contributed by atoms with Gasteiger partial charge in [0.2, 0.25) is 0 Å². The smallest absolute Gasteiger partial charge is 0.313 e. The molecule has 1 aromatic carbocycles. The highest BCUT2D eigenvalue weighted by atomic mass is 16.5. The third-order valence-corrected chi connectivity index (χ3v) is 3.83. The lowest BCUT2D eigenvalue weighted by molar-refractivity contribution is -0.148. The molecule has 0 aliphatic carbocycles. The van der Waals surface area contributed by atoms with E-state index in [-0.39, 0.29) is 0 Å². The third-order valence-electron chi connectivity index (χ3n) is 3.83. The number of aliphatic carboxylic acids is 1. The topological polar surface area (TPSA) is 49.8 Å². The lowest BCUT2D eigenvalue weighted by Crippen LogP contribution is -2.44. The van der Waals surface area contributed by atoms with Crippen LogP contribution in [0.4, 0.5) is 5.69 Å². The quantitative estimate of drug-likeness (QED) is 0.885. The maximum absolute atomic E-state index is 11.6. The number of hydrogen-bond donors (Lipinski definition) is 1. The van der Waals surface area contributed by atoms with E-state index < -0.39 is 11.4 Å². The molecule has 1 aliphatic rings. The molecule has 1 heterocycles. The zero-order valence-corrected chi connectivity index (χ0v) is 11.6. The average molecular weight is 263 g/mol. The molecule has 1 unspecified atom stereocenters. The van der Waals surface area contributed by atoms with Gasteiger partial charge in [-0.15, -0.1) is 0 Å². The highest BCUT2D eigenvalue weighted by Crippen LogP contribution is 2.31. The van der Waals surface area contributed by atoms with Crippen LogP contribution >= 0.6 is 0 Å². The predicted molar refractivity (Wildman–Crippen MR) is 74.6 cm³/mol. The molecule has 4 heteroatoms. The number of rotatable bonds is 5. The number of anilines is 1. The van der Waals surface area contributed by atoms with Crippen molar-refractivity contribution in [3.63, 3.8) is 0 Å². The maximum atomic E-state index is 11.6. The van der Waals surface area contributed by atoms with Gasteiger partial charge in [-0.2, -0.15) is 0 Å². The molecule has 0 radical (unpaired) electrons. The Labute approximate surface area is 114 Å². The lowest BCUT2D eigenvalue weighted by atomic mass is 9.86. The molecular weight excluding hydrogens is 242 g/mol. The fourth-order valence-electron chi connectivity index (χ4n) is 2.47. The van der Waals surface area contributed by atoms with Crippen molar-refractivity contribution < 1.29 is 14.6 Å². The molecule has 0 saturated carbocycles. The molecule has 2 rings (SSSR count). The molecule has 0 amide bonds. The largest absolute Gasteiger partial charge is 0.481 e. The van der Waals surface area contributed by atoms with E-state index in [1.807, 2.05) is 26.0 Å². The van der Waals surface area contributed by atoms with Gasteiger partial charge in [0.25, 0.3) is 0 Å². The first kappa shape index (κ1) is 13.9. The Morgan fingerprint density at radius 1 is 1.42 bits per heavy atom. The van der Waals surface area contributed by atoms with Crippen LogP contribution in [-0.4, -0.2) is 37.4 Å². The Bertz CT molecular complexity index is 435. The minimum atomic E-state index is -0.763. The average Bonchev–Trinajstić information content (AvgIpc) is 2.87. The van der Waals surface area contributed by atoms with E-state index in [0.29, 0.717) is 26.2 Å². The SMILES string of the molecule is CCN(CC1(C(=O)O)CCOC1)c1ccc(C)cc1. The summed E-state index contributed by atoms with van der Waals surface area (Å²) in [5.74, 6) is -0.754. The first-order chi connectivity index (χ1) is 9.07. The normalized spacial score (nSPS) is 22.4. The van der Waals surface area contributed by atoms with E-state index in [2.05, 4.69) is 17.0 Å². The lowest BCUT2D eigenvalue weighted by Gasteiger charge is -2.32. The molecule has 4 nitrogen and oxygen atoms in total. The van der Waals surface area contributed by atoms with Crippen molar-refractivity contribution in [2.24, 2.45) is 5.41 Å². The summed E-state index contributed by atoms with van der Waals surface area (Å²) in [5, 5.41) is 9.49. The van der Waals surface area contributed by atoms with Gasteiger partial charge in [0.05, 0.1) is 6.61 Å². The third kappa shape index (κ3) is 2.89. The van der Waals surface area contributed by atoms with Crippen molar-refractivity contribution in [3.05, 3.63) is 29.8 Å². The van der Waals surface area contributed by atoms with Gasteiger partial charge < -0.3 is 14.7 Å². The van der Waals surface area contributed by atoms with Gasteiger partial charge in [-0.1, -0.05) is 17.7 Å². The van der Waals surface area contributed by atoms with Gasteiger partial charge >= 0.3 is 5.97 Å². The standard InChI is InChI=1S/C15H21NO3/c1-3-16(13-6-4-12(2)5-7-13)10-15(14(17)18)8-9-19-11-15/h4-7H,3,8-11H2,1-2H3,(H,17,18). The Morgan fingerprint density at radius 3 is 2.58 bits per heavy atom. The molecule has 1 fully saturated rings. The predicted octanol–water partition coefficient (Wildman–Crippen LogP) is 2.31. The number of aryl methyl sites for hydroxylation is 1. The van der Waals surface area contributed by atoms with Crippen LogP contribution in [-0.2, 0) is 9.53 Å². The summed E-state index contributed by atoms with van der Waals surface area (Å²) in [7, 11) is 0. The van der Waals surface area contributed by atoms with Gasteiger partial charge in [0.15, 0.2) is 0 Å². The summed E-state index contributed by atoms with van der Waals surface area (Å²) in [6.07, 6.45) is 0.588. The van der Waals surface area contributed by atoms with Crippen LogP contribution in [0.5, 0.6) is 0 Å². The Kier molecular flexibility index (Phi) is 4.10. The number of hydrogen-bond acceptors (Lipinski definition) is 3. The summed E-state index contributed by atoms with van der Waals surface area (Å²) in [6, 6.07) is 8.20. The van der Waals surface area contributed by atoms with Gasteiger partial charge in [-0.25, -0.2) is 0 Å². The van der Waals surface area contributed by atoms with Gasteiger partial charge in [-0.05, 0) is 32.4 Å². The van der Waals surface area contributed by atoms with Crippen LogP contribution in [0.3, 0.4) is 0 Å². The molecule has 1 aliphatic heterocycles. The fraction of sp³-hybridized carbons (Fsp3) is 0.533. The molecule has 0 bridgehead atoms. The van der Waals surface area contributed by atoms with E-state index in [9.17, 15) is 9.90 Å². The van der Waals surface area contributed by atoms with E-state index >= 15 is 0 Å². The number of benzene rings is 1. The maximum Gasteiger partial charge on any atom is 0.313 e. The van der Waals surface area contributed by atoms with Crippen LogP contribution in [0.25, 0.3) is 0 Å². The number of carbonyl (C=O) groups is 1. The summed E-state index contributed by atoms with van der Waals surface area (Å²) >= 11 is 0. The Morgan fingerprint density at radius 2 is 2.11 bits per heavy atom. The Balaban J connectivity index is 2.18. The van der Waals surface area contributed by atoms with Crippen molar-refractivity contribution in [3.8, 4) is 0 Å². The summed E-state index contributed by atoms with van der Waals surface area (Å²) in [5.41, 5.74) is 1.51. The van der Waals surface area contributed by atoms with Crippen molar-refractivity contribution in [2.45, 2.75) is 20.3 Å². The zero-order valence-electron chi connectivity index (χ0n) is 11.6. The molecule has 1 saturated heterocycles.